The Bertz CT molecular complexity index is 476. The predicted molar refractivity (Wildman–Crippen MR) is 79.0 cm³/mol. The quantitative estimate of drug-likeness (QED) is 0.725. The molecule has 0 aromatic heterocycles. The molecular formula is C16H22FNO4. The van der Waals surface area contributed by atoms with Crippen LogP contribution in [0.5, 0.6) is 5.75 Å². The fraction of sp³-hybridized carbons (Fsp3) is 0.562. The summed E-state index contributed by atoms with van der Waals surface area (Å²) in [6.07, 6.45) is 0.983. The van der Waals surface area contributed by atoms with Gasteiger partial charge in [0, 0.05) is 6.54 Å². The van der Waals surface area contributed by atoms with Gasteiger partial charge in [0.1, 0.15) is 30.4 Å². The number of nitrogens with one attached hydrogen (secondary N) is 1. The highest BCUT2D eigenvalue weighted by Crippen LogP contribution is 2.29. The molecule has 2 rings (SSSR count). The number of benzene rings is 1. The van der Waals surface area contributed by atoms with Crippen LogP contribution in [0.4, 0.5) is 4.39 Å². The van der Waals surface area contributed by atoms with E-state index in [1.54, 1.807) is 6.92 Å². The van der Waals surface area contributed by atoms with Gasteiger partial charge in [0.25, 0.3) is 0 Å². The van der Waals surface area contributed by atoms with Gasteiger partial charge in [-0.15, -0.1) is 0 Å². The van der Waals surface area contributed by atoms with Crippen molar-refractivity contribution in [1.29, 1.82) is 0 Å². The van der Waals surface area contributed by atoms with Gasteiger partial charge in [-0.05, 0) is 49.9 Å². The first-order valence-corrected chi connectivity index (χ1v) is 7.50. The zero-order chi connectivity index (χ0) is 15.9. The van der Waals surface area contributed by atoms with Gasteiger partial charge in [-0.3, -0.25) is 4.79 Å². The first-order chi connectivity index (χ1) is 10.5. The summed E-state index contributed by atoms with van der Waals surface area (Å²) in [5.74, 6) is 0.472. The number of aliphatic hydroxyl groups excluding tert-OH is 1. The second kappa shape index (κ2) is 8.10. The van der Waals surface area contributed by atoms with Crippen LogP contribution in [0.2, 0.25) is 0 Å². The van der Waals surface area contributed by atoms with Crippen molar-refractivity contribution in [2.45, 2.75) is 32.0 Å². The topological polar surface area (TPSA) is 67.8 Å². The average Bonchev–Trinajstić information content (AvgIpc) is 3.34. The third-order valence-corrected chi connectivity index (χ3v) is 3.42. The first-order valence-electron chi connectivity index (χ1n) is 7.50. The minimum Gasteiger partial charge on any atom is -0.491 e. The average molecular weight is 311 g/mol. The van der Waals surface area contributed by atoms with Crippen molar-refractivity contribution in [3.8, 4) is 5.75 Å². The maximum Gasteiger partial charge on any atom is 0.248 e. The SMILES string of the molecule is CC(OCC1CC1)C(=O)NCC(O)COc1ccc(F)cc1. The van der Waals surface area contributed by atoms with Crippen molar-refractivity contribution in [3.63, 3.8) is 0 Å². The molecule has 1 aromatic carbocycles. The van der Waals surface area contributed by atoms with Gasteiger partial charge in [0.15, 0.2) is 0 Å². The zero-order valence-corrected chi connectivity index (χ0v) is 12.6. The van der Waals surface area contributed by atoms with Gasteiger partial charge < -0.3 is 19.9 Å². The van der Waals surface area contributed by atoms with Gasteiger partial charge in [-0.1, -0.05) is 0 Å². The minimum absolute atomic E-state index is 0.0171. The van der Waals surface area contributed by atoms with Crippen LogP contribution in [0.3, 0.4) is 0 Å². The lowest BCUT2D eigenvalue weighted by Crippen LogP contribution is -2.40. The Kier molecular flexibility index (Phi) is 6.15. The molecule has 0 radical (unpaired) electrons. The Morgan fingerprint density at radius 3 is 2.73 bits per heavy atom. The molecule has 0 aliphatic heterocycles. The molecule has 122 valence electrons. The number of amides is 1. The lowest BCUT2D eigenvalue weighted by atomic mass is 10.3. The third kappa shape index (κ3) is 5.99. The van der Waals surface area contributed by atoms with Crippen LogP contribution in [0.1, 0.15) is 19.8 Å². The summed E-state index contributed by atoms with van der Waals surface area (Å²) in [6, 6.07) is 5.52. The van der Waals surface area contributed by atoms with E-state index >= 15 is 0 Å². The number of hydrogen-bond acceptors (Lipinski definition) is 4. The maximum absolute atomic E-state index is 12.7. The van der Waals surface area contributed by atoms with Crippen molar-refractivity contribution in [3.05, 3.63) is 30.1 Å². The van der Waals surface area contributed by atoms with E-state index in [4.69, 9.17) is 9.47 Å². The number of ether oxygens (including phenoxy) is 2. The van der Waals surface area contributed by atoms with Crippen molar-refractivity contribution in [2.75, 3.05) is 19.8 Å². The van der Waals surface area contributed by atoms with E-state index < -0.39 is 12.2 Å². The molecule has 1 aliphatic rings. The van der Waals surface area contributed by atoms with E-state index in [0.717, 1.165) is 0 Å². The molecule has 2 N–H and O–H groups in total. The Balaban J connectivity index is 1.60. The molecule has 1 fully saturated rings. The number of carbonyl (C=O) groups excluding carboxylic acids is 1. The first kappa shape index (κ1) is 16.7. The molecule has 0 bridgehead atoms. The minimum atomic E-state index is -0.843. The summed E-state index contributed by atoms with van der Waals surface area (Å²) in [6.45, 7) is 2.41. The van der Waals surface area contributed by atoms with Crippen LogP contribution in [-0.2, 0) is 9.53 Å². The molecule has 22 heavy (non-hydrogen) atoms. The van der Waals surface area contributed by atoms with Crippen molar-refractivity contribution < 1.29 is 23.8 Å². The monoisotopic (exact) mass is 311 g/mol. The van der Waals surface area contributed by atoms with E-state index in [1.807, 2.05) is 0 Å². The van der Waals surface area contributed by atoms with E-state index in [-0.39, 0.29) is 24.9 Å². The van der Waals surface area contributed by atoms with E-state index in [0.29, 0.717) is 18.3 Å². The van der Waals surface area contributed by atoms with Gasteiger partial charge in [-0.25, -0.2) is 4.39 Å². The lowest BCUT2D eigenvalue weighted by Gasteiger charge is -2.16. The molecule has 0 spiro atoms. The van der Waals surface area contributed by atoms with Gasteiger partial charge >= 0.3 is 0 Å². The second-order valence-corrected chi connectivity index (χ2v) is 5.58. The molecule has 0 saturated heterocycles. The number of aliphatic hydroxyl groups is 1. The van der Waals surface area contributed by atoms with Gasteiger partial charge in [-0.2, -0.15) is 0 Å². The Labute approximate surface area is 129 Å². The highest BCUT2D eigenvalue weighted by Gasteiger charge is 2.24. The number of hydrogen-bond donors (Lipinski definition) is 2. The normalized spacial score (nSPS) is 16.9. The van der Waals surface area contributed by atoms with Crippen molar-refractivity contribution in [1.82, 2.24) is 5.32 Å². The molecule has 2 unspecified atom stereocenters. The largest absolute Gasteiger partial charge is 0.491 e. The van der Waals surface area contributed by atoms with Gasteiger partial charge in [0.2, 0.25) is 5.91 Å². The summed E-state index contributed by atoms with van der Waals surface area (Å²) in [7, 11) is 0. The standard InChI is InChI=1S/C16H22FNO4/c1-11(21-9-12-2-3-12)16(20)18-8-14(19)10-22-15-6-4-13(17)5-7-15/h4-7,11-12,14,19H,2-3,8-10H2,1H3,(H,18,20). The van der Waals surface area contributed by atoms with Gasteiger partial charge in [0.05, 0.1) is 6.61 Å². The third-order valence-electron chi connectivity index (χ3n) is 3.42. The fourth-order valence-electron chi connectivity index (χ4n) is 1.78. The van der Waals surface area contributed by atoms with Crippen LogP contribution in [0, 0.1) is 11.7 Å². The second-order valence-electron chi connectivity index (χ2n) is 5.58. The van der Waals surface area contributed by atoms with Crippen molar-refractivity contribution in [2.24, 2.45) is 5.92 Å². The van der Waals surface area contributed by atoms with Crippen molar-refractivity contribution >= 4 is 5.91 Å². The summed E-state index contributed by atoms with van der Waals surface area (Å²) in [5.41, 5.74) is 0. The Morgan fingerprint density at radius 2 is 2.09 bits per heavy atom. The predicted octanol–water partition coefficient (Wildman–Crippen LogP) is 1.50. The number of rotatable bonds is 9. The summed E-state index contributed by atoms with van der Waals surface area (Å²) >= 11 is 0. The molecule has 2 atom stereocenters. The van der Waals surface area contributed by atoms with E-state index in [1.165, 1.54) is 37.1 Å². The van der Waals surface area contributed by atoms with Crippen LogP contribution < -0.4 is 10.1 Å². The van der Waals surface area contributed by atoms with E-state index in [2.05, 4.69) is 5.32 Å². The molecule has 1 aromatic rings. The summed E-state index contributed by atoms with van der Waals surface area (Å²) in [4.78, 5) is 11.8. The van der Waals surface area contributed by atoms with Crippen LogP contribution in [-0.4, -0.2) is 43.0 Å². The number of carbonyl (C=O) groups is 1. The molecule has 0 heterocycles. The highest BCUT2D eigenvalue weighted by atomic mass is 19.1. The van der Waals surface area contributed by atoms with Crippen LogP contribution in [0.15, 0.2) is 24.3 Å². The molecule has 6 heteroatoms. The Morgan fingerprint density at radius 1 is 1.41 bits per heavy atom. The van der Waals surface area contributed by atoms with Crippen LogP contribution >= 0.6 is 0 Å². The molecule has 1 saturated carbocycles. The maximum atomic E-state index is 12.7. The van der Waals surface area contributed by atoms with Crippen LogP contribution in [0.25, 0.3) is 0 Å². The molecule has 1 amide bonds. The summed E-state index contributed by atoms with van der Waals surface area (Å²) < 4.78 is 23.5. The fourth-order valence-corrected chi connectivity index (χ4v) is 1.78. The smallest absolute Gasteiger partial charge is 0.248 e. The lowest BCUT2D eigenvalue weighted by molar-refractivity contribution is -0.132. The molecular weight excluding hydrogens is 289 g/mol. The zero-order valence-electron chi connectivity index (χ0n) is 12.6. The van der Waals surface area contributed by atoms with E-state index in [9.17, 15) is 14.3 Å². The number of halogens is 1. The molecule has 1 aliphatic carbocycles. The summed E-state index contributed by atoms with van der Waals surface area (Å²) in [5, 5.41) is 12.4. The molecule has 5 nitrogen and oxygen atoms in total. The highest BCUT2D eigenvalue weighted by molar-refractivity contribution is 5.80. The Hall–Kier alpha value is -1.66.